The lowest BCUT2D eigenvalue weighted by molar-refractivity contribution is -0.111. The predicted octanol–water partition coefficient (Wildman–Crippen LogP) is 3.28. The second kappa shape index (κ2) is 7.60. The standard InChI is InChI=1S/C19H17FN4O2/c1-24-12-14(11-22-24)16-7-8-21-10-13(16)3-6-19(25)23-15-4-5-17(20)18(9-15)26-2/h3-12H,1-2H3,(H,23,25)/b6-3+. The molecule has 1 aromatic carbocycles. The van der Waals surface area contributed by atoms with Gasteiger partial charge in [0.1, 0.15) is 0 Å². The zero-order valence-electron chi connectivity index (χ0n) is 14.3. The van der Waals surface area contributed by atoms with Crippen LogP contribution in [0, 0.1) is 5.82 Å². The van der Waals surface area contributed by atoms with Gasteiger partial charge >= 0.3 is 0 Å². The van der Waals surface area contributed by atoms with Crippen molar-refractivity contribution in [3.63, 3.8) is 0 Å². The molecular formula is C19H17FN4O2. The van der Waals surface area contributed by atoms with Crippen LogP contribution in [0.5, 0.6) is 5.75 Å². The monoisotopic (exact) mass is 352 g/mol. The number of benzene rings is 1. The maximum absolute atomic E-state index is 13.4. The van der Waals surface area contributed by atoms with Gasteiger partial charge < -0.3 is 10.1 Å². The number of halogens is 1. The molecule has 0 spiro atoms. The molecule has 132 valence electrons. The Kier molecular flexibility index (Phi) is 5.07. The summed E-state index contributed by atoms with van der Waals surface area (Å²) in [5.74, 6) is -0.768. The minimum atomic E-state index is -0.488. The van der Waals surface area contributed by atoms with Gasteiger partial charge in [0.25, 0.3) is 0 Å². The van der Waals surface area contributed by atoms with Crippen molar-refractivity contribution in [3.8, 4) is 16.9 Å². The number of carbonyl (C=O) groups is 1. The first-order chi connectivity index (χ1) is 12.6. The molecule has 0 radical (unpaired) electrons. The van der Waals surface area contributed by atoms with Gasteiger partial charge in [-0.25, -0.2) is 4.39 Å². The van der Waals surface area contributed by atoms with Crippen LogP contribution in [0.4, 0.5) is 10.1 Å². The highest BCUT2D eigenvalue weighted by Crippen LogP contribution is 2.24. The van der Waals surface area contributed by atoms with Gasteiger partial charge in [-0.2, -0.15) is 5.10 Å². The van der Waals surface area contributed by atoms with Crippen LogP contribution in [0.1, 0.15) is 5.56 Å². The Morgan fingerprint density at radius 3 is 2.88 bits per heavy atom. The quantitative estimate of drug-likeness (QED) is 0.716. The van der Waals surface area contributed by atoms with Gasteiger partial charge in [-0.15, -0.1) is 0 Å². The lowest BCUT2D eigenvalue weighted by atomic mass is 10.0. The van der Waals surface area contributed by atoms with Crippen LogP contribution >= 0.6 is 0 Å². The molecule has 6 nitrogen and oxygen atoms in total. The van der Waals surface area contributed by atoms with Gasteiger partial charge in [0.2, 0.25) is 5.91 Å². The molecule has 0 aliphatic rings. The molecule has 0 bridgehead atoms. The van der Waals surface area contributed by atoms with Crippen molar-refractivity contribution in [2.24, 2.45) is 7.05 Å². The Morgan fingerprint density at radius 2 is 2.15 bits per heavy atom. The van der Waals surface area contributed by atoms with E-state index < -0.39 is 5.82 Å². The molecule has 0 saturated carbocycles. The summed E-state index contributed by atoms with van der Waals surface area (Å²) in [6.07, 6.45) is 10.1. The van der Waals surface area contributed by atoms with Gasteiger partial charge in [0.05, 0.1) is 13.3 Å². The number of anilines is 1. The van der Waals surface area contributed by atoms with Gasteiger partial charge in [-0.1, -0.05) is 0 Å². The molecule has 2 heterocycles. The molecule has 0 fully saturated rings. The molecule has 1 amide bonds. The van der Waals surface area contributed by atoms with E-state index in [0.717, 1.165) is 16.7 Å². The normalized spacial score (nSPS) is 10.9. The highest BCUT2D eigenvalue weighted by atomic mass is 19.1. The van der Waals surface area contributed by atoms with Crippen molar-refractivity contribution in [1.29, 1.82) is 0 Å². The Morgan fingerprint density at radius 1 is 1.31 bits per heavy atom. The summed E-state index contributed by atoms with van der Waals surface area (Å²) in [5, 5.41) is 6.83. The average Bonchev–Trinajstić information content (AvgIpc) is 3.08. The van der Waals surface area contributed by atoms with Crippen molar-refractivity contribution in [1.82, 2.24) is 14.8 Å². The summed E-state index contributed by atoms with van der Waals surface area (Å²) >= 11 is 0. The molecule has 0 unspecified atom stereocenters. The summed E-state index contributed by atoms with van der Waals surface area (Å²) < 4.78 is 20.0. The van der Waals surface area contributed by atoms with Crippen LogP contribution in [0.15, 0.2) is 55.1 Å². The number of amides is 1. The van der Waals surface area contributed by atoms with E-state index in [-0.39, 0.29) is 11.7 Å². The number of methoxy groups -OCH3 is 1. The first-order valence-electron chi connectivity index (χ1n) is 7.82. The Bertz CT molecular complexity index is 966. The number of carbonyl (C=O) groups excluding carboxylic acids is 1. The molecular weight excluding hydrogens is 335 g/mol. The first-order valence-corrected chi connectivity index (χ1v) is 7.82. The van der Waals surface area contributed by atoms with Gasteiger partial charge in [-0.3, -0.25) is 14.5 Å². The smallest absolute Gasteiger partial charge is 0.248 e. The second-order valence-corrected chi connectivity index (χ2v) is 5.54. The van der Waals surface area contributed by atoms with Crippen LogP contribution in [0.25, 0.3) is 17.2 Å². The number of pyridine rings is 1. The van der Waals surface area contributed by atoms with Crippen LogP contribution in [-0.2, 0) is 11.8 Å². The third-order valence-corrected chi connectivity index (χ3v) is 3.70. The van der Waals surface area contributed by atoms with Crippen LogP contribution < -0.4 is 10.1 Å². The number of aromatic nitrogens is 3. The van der Waals surface area contributed by atoms with E-state index in [1.807, 2.05) is 19.3 Å². The van der Waals surface area contributed by atoms with E-state index in [9.17, 15) is 9.18 Å². The fourth-order valence-electron chi connectivity index (χ4n) is 2.45. The third kappa shape index (κ3) is 3.94. The molecule has 0 aliphatic heterocycles. The molecule has 3 aromatic rings. The fraction of sp³-hybridized carbons (Fsp3) is 0.105. The molecule has 0 saturated heterocycles. The Labute approximate surface area is 149 Å². The lowest BCUT2D eigenvalue weighted by Crippen LogP contribution is -2.08. The fourth-order valence-corrected chi connectivity index (χ4v) is 2.45. The van der Waals surface area contributed by atoms with Crippen LogP contribution in [0.2, 0.25) is 0 Å². The number of nitrogens with one attached hydrogen (secondary N) is 1. The maximum atomic E-state index is 13.4. The van der Waals surface area contributed by atoms with Crippen molar-refractivity contribution >= 4 is 17.7 Å². The molecule has 0 aliphatic carbocycles. The Balaban J connectivity index is 1.77. The summed E-state index contributed by atoms with van der Waals surface area (Å²) in [4.78, 5) is 16.3. The van der Waals surface area contributed by atoms with E-state index in [1.54, 1.807) is 29.3 Å². The van der Waals surface area contributed by atoms with Crippen molar-refractivity contribution in [3.05, 3.63) is 66.5 Å². The number of ether oxygens (including phenoxy) is 1. The summed E-state index contributed by atoms with van der Waals surface area (Å²) in [7, 11) is 3.21. The van der Waals surface area contributed by atoms with Crippen LogP contribution in [0.3, 0.4) is 0 Å². The van der Waals surface area contributed by atoms with E-state index in [4.69, 9.17) is 4.74 Å². The maximum Gasteiger partial charge on any atom is 0.248 e. The highest BCUT2D eigenvalue weighted by Gasteiger charge is 2.07. The van der Waals surface area contributed by atoms with E-state index in [0.29, 0.717) is 5.69 Å². The van der Waals surface area contributed by atoms with Crippen molar-refractivity contribution in [2.75, 3.05) is 12.4 Å². The van der Waals surface area contributed by atoms with Crippen LogP contribution in [-0.4, -0.2) is 27.8 Å². The largest absolute Gasteiger partial charge is 0.494 e. The summed E-state index contributed by atoms with van der Waals surface area (Å²) in [6.45, 7) is 0. The number of rotatable bonds is 5. The van der Waals surface area contributed by atoms with Crippen molar-refractivity contribution < 1.29 is 13.9 Å². The number of hydrogen-bond acceptors (Lipinski definition) is 4. The van der Waals surface area contributed by atoms with Gasteiger partial charge in [0, 0.05) is 54.6 Å². The predicted molar refractivity (Wildman–Crippen MR) is 97.1 cm³/mol. The Hall–Kier alpha value is -3.48. The zero-order chi connectivity index (χ0) is 18.5. The van der Waals surface area contributed by atoms with E-state index in [2.05, 4.69) is 15.4 Å². The van der Waals surface area contributed by atoms with E-state index in [1.165, 1.54) is 31.4 Å². The van der Waals surface area contributed by atoms with Gasteiger partial charge in [0.15, 0.2) is 11.6 Å². The van der Waals surface area contributed by atoms with Crippen molar-refractivity contribution in [2.45, 2.75) is 0 Å². The van der Waals surface area contributed by atoms with E-state index >= 15 is 0 Å². The lowest BCUT2D eigenvalue weighted by Gasteiger charge is -2.06. The SMILES string of the molecule is COc1cc(NC(=O)/C=C/c2cnccc2-c2cnn(C)c2)ccc1F. The molecule has 0 atom stereocenters. The molecule has 1 N–H and O–H groups in total. The molecule has 26 heavy (non-hydrogen) atoms. The number of nitrogens with zero attached hydrogens (tertiary/aromatic N) is 3. The number of aryl methyl sites for hydroxylation is 1. The zero-order valence-corrected chi connectivity index (χ0v) is 14.3. The highest BCUT2D eigenvalue weighted by molar-refractivity contribution is 6.02. The summed E-state index contributed by atoms with van der Waals surface area (Å²) in [6, 6.07) is 5.99. The van der Waals surface area contributed by atoms with Gasteiger partial charge in [-0.05, 0) is 29.8 Å². The minimum Gasteiger partial charge on any atom is -0.494 e. The second-order valence-electron chi connectivity index (χ2n) is 5.54. The minimum absolute atomic E-state index is 0.0675. The topological polar surface area (TPSA) is 69.0 Å². The third-order valence-electron chi connectivity index (χ3n) is 3.70. The molecule has 7 heteroatoms. The molecule has 2 aromatic heterocycles. The number of hydrogen-bond donors (Lipinski definition) is 1. The first kappa shape index (κ1) is 17.3. The average molecular weight is 352 g/mol. The molecule has 3 rings (SSSR count). The summed E-state index contributed by atoms with van der Waals surface area (Å²) in [5.41, 5.74) is 3.07.